The number of anilines is 1. The number of benzene rings is 1. The van der Waals surface area contributed by atoms with Gasteiger partial charge in [0, 0.05) is 24.7 Å². The molecule has 134 valence electrons. The molecule has 0 atom stereocenters. The van der Waals surface area contributed by atoms with Crippen molar-refractivity contribution in [2.75, 3.05) is 5.32 Å². The van der Waals surface area contributed by atoms with Crippen molar-refractivity contribution in [3.63, 3.8) is 0 Å². The molecule has 0 spiro atoms. The minimum atomic E-state index is -0.685. The Bertz CT molecular complexity index is 1080. The first-order valence-corrected chi connectivity index (χ1v) is 8.19. The highest BCUT2D eigenvalue weighted by atomic mass is 35.5. The van der Waals surface area contributed by atoms with Crippen molar-refractivity contribution in [1.29, 1.82) is 0 Å². The van der Waals surface area contributed by atoms with E-state index >= 15 is 0 Å². The number of hydrogen-bond acceptors (Lipinski definition) is 6. The van der Waals surface area contributed by atoms with Gasteiger partial charge in [0.25, 0.3) is 11.5 Å². The molecule has 0 bridgehead atoms. The first kappa shape index (κ1) is 18.3. The van der Waals surface area contributed by atoms with Crippen molar-refractivity contribution in [3.05, 3.63) is 49.3 Å². The summed E-state index contributed by atoms with van der Waals surface area (Å²) in [5.41, 5.74) is -0.334. The molecule has 26 heavy (non-hydrogen) atoms. The number of amides is 1. The molecule has 2 aromatic heterocycles. The van der Waals surface area contributed by atoms with E-state index in [4.69, 9.17) is 34.8 Å². The number of nitrogens with one attached hydrogen (secondary N) is 1. The van der Waals surface area contributed by atoms with Crippen molar-refractivity contribution >= 4 is 46.7 Å². The van der Waals surface area contributed by atoms with Crippen LogP contribution >= 0.6 is 34.8 Å². The summed E-state index contributed by atoms with van der Waals surface area (Å²) in [7, 11) is 2.94. The molecule has 1 aromatic carbocycles. The van der Waals surface area contributed by atoms with Gasteiger partial charge in [-0.2, -0.15) is 5.10 Å². The van der Waals surface area contributed by atoms with E-state index in [0.29, 0.717) is 10.6 Å². The second-order valence-electron chi connectivity index (χ2n) is 5.17. The number of aromatic nitrogens is 6. The van der Waals surface area contributed by atoms with Crippen molar-refractivity contribution < 1.29 is 4.79 Å². The van der Waals surface area contributed by atoms with Gasteiger partial charge in [-0.15, -0.1) is 0 Å². The molecule has 0 saturated heterocycles. The molecule has 0 saturated carbocycles. The van der Waals surface area contributed by atoms with E-state index in [1.807, 2.05) is 0 Å². The summed E-state index contributed by atoms with van der Waals surface area (Å²) in [6, 6.07) is 4.57. The molecule has 0 radical (unpaired) electrons. The highest BCUT2D eigenvalue weighted by Gasteiger charge is 2.23. The van der Waals surface area contributed by atoms with Gasteiger partial charge < -0.3 is 0 Å². The van der Waals surface area contributed by atoms with Crippen LogP contribution in [0.3, 0.4) is 0 Å². The molecule has 0 aliphatic rings. The second kappa shape index (κ2) is 7.02. The summed E-state index contributed by atoms with van der Waals surface area (Å²) in [6.45, 7) is 0. The third-order valence-electron chi connectivity index (χ3n) is 3.45. The lowest BCUT2D eigenvalue weighted by Crippen LogP contribution is -2.27. The Kier molecular flexibility index (Phi) is 4.94. The lowest BCUT2D eigenvalue weighted by Gasteiger charge is -2.12. The Morgan fingerprint density at radius 3 is 2.50 bits per heavy atom. The van der Waals surface area contributed by atoms with Crippen LogP contribution in [-0.4, -0.2) is 35.9 Å². The maximum absolute atomic E-state index is 12.5. The van der Waals surface area contributed by atoms with Crippen molar-refractivity contribution in [2.45, 2.75) is 0 Å². The van der Waals surface area contributed by atoms with Gasteiger partial charge in [0.1, 0.15) is 0 Å². The number of carbonyl (C=O) groups excluding carboxylic acids is 1. The predicted molar refractivity (Wildman–Crippen MR) is 96.7 cm³/mol. The summed E-state index contributed by atoms with van der Waals surface area (Å²) in [5, 5.41) is 17.5. The zero-order valence-corrected chi connectivity index (χ0v) is 15.6. The van der Waals surface area contributed by atoms with Gasteiger partial charge in [-0.25, -0.2) is 9.36 Å². The maximum Gasteiger partial charge on any atom is 0.280 e. The average molecular weight is 415 g/mol. The molecule has 1 amide bonds. The van der Waals surface area contributed by atoms with Gasteiger partial charge in [0.2, 0.25) is 5.95 Å². The zero-order valence-electron chi connectivity index (χ0n) is 13.4. The Labute approximate surface area is 161 Å². The molecule has 3 rings (SSSR count). The number of aryl methyl sites for hydroxylation is 2. The minimum Gasteiger partial charge on any atom is -0.288 e. The Morgan fingerprint density at radius 2 is 1.88 bits per heavy atom. The maximum atomic E-state index is 12.5. The fourth-order valence-corrected chi connectivity index (χ4v) is 2.99. The van der Waals surface area contributed by atoms with Gasteiger partial charge in [-0.3, -0.25) is 14.9 Å². The van der Waals surface area contributed by atoms with Crippen LogP contribution in [0.15, 0.2) is 23.0 Å². The summed E-state index contributed by atoms with van der Waals surface area (Å²) >= 11 is 18.4. The minimum absolute atomic E-state index is 0.0343. The quantitative estimate of drug-likeness (QED) is 0.704. The summed E-state index contributed by atoms with van der Waals surface area (Å²) in [5.74, 6) is -0.595. The molecule has 0 aliphatic carbocycles. The molecular weight excluding hydrogens is 405 g/mol. The molecule has 0 unspecified atom stereocenters. The van der Waals surface area contributed by atoms with Crippen LogP contribution in [0.1, 0.15) is 10.5 Å². The largest absolute Gasteiger partial charge is 0.288 e. The van der Waals surface area contributed by atoms with Crippen LogP contribution < -0.4 is 10.9 Å². The average Bonchev–Trinajstić information content (AvgIpc) is 2.97. The lowest BCUT2D eigenvalue weighted by atomic mass is 10.1. The lowest BCUT2D eigenvalue weighted by molar-refractivity contribution is 0.101. The fourth-order valence-electron chi connectivity index (χ4n) is 2.18. The van der Waals surface area contributed by atoms with E-state index in [1.54, 1.807) is 19.2 Å². The van der Waals surface area contributed by atoms with Crippen LogP contribution in [0.5, 0.6) is 0 Å². The molecule has 9 nitrogen and oxygen atoms in total. The van der Waals surface area contributed by atoms with E-state index in [9.17, 15) is 9.59 Å². The molecular formula is C14H10Cl3N7O2. The standard InChI is InChI=1S/C14H10Cl3N7O2/c1-23-13(26)9(7-4-3-6(15)5-8(7)16)10(17)11(20-23)12(25)18-14-19-21-22-24(14)2/h3-5H,1-2H3,(H,18,19,22,25). The number of halogens is 3. The van der Waals surface area contributed by atoms with Crippen LogP contribution in [0.4, 0.5) is 5.95 Å². The zero-order chi connectivity index (χ0) is 19.0. The highest BCUT2D eigenvalue weighted by Crippen LogP contribution is 2.33. The predicted octanol–water partition coefficient (Wildman–Crippen LogP) is 2.18. The number of tetrazole rings is 1. The molecule has 3 aromatic rings. The van der Waals surface area contributed by atoms with Crippen molar-refractivity contribution in [2.24, 2.45) is 14.1 Å². The highest BCUT2D eigenvalue weighted by molar-refractivity contribution is 6.39. The summed E-state index contributed by atoms with van der Waals surface area (Å²) in [6.07, 6.45) is 0. The Balaban J connectivity index is 2.14. The van der Waals surface area contributed by atoms with E-state index in [-0.39, 0.29) is 27.3 Å². The smallest absolute Gasteiger partial charge is 0.280 e. The number of nitrogens with zero attached hydrogens (tertiary/aromatic N) is 6. The second-order valence-corrected chi connectivity index (χ2v) is 6.39. The van der Waals surface area contributed by atoms with Crippen LogP contribution in [-0.2, 0) is 14.1 Å². The third kappa shape index (κ3) is 3.28. The number of hydrogen-bond donors (Lipinski definition) is 1. The monoisotopic (exact) mass is 413 g/mol. The van der Waals surface area contributed by atoms with Gasteiger partial charge >= 0.3 is 0 Å². The van der Waals surface area contributed by atoms with Gasteiger partial charge in [-0.05, 0) is 22.6 Å². The van der Waals surface area contributed by atoms with E-state index in [0.717, 1.165) is 4.68 Å². The van der Waals surface area contributed by atoms with E-state index < -0.39 is 11.5 Å². The van der Waals surface area contributed by atoms with Gasteiger partial charge in [0.05, 0.1) is 15.6 Å². The first-order valence-electron chi connectivity index (χ1n) is 7.05. The van der Waals surface area contributed by atoms with Gasteiger partial charge in [-0.1, -0.05) is 46.0 Å². The topological polar surface area (TPSA) is 108 Å². The molecule has 1 N–H and O–H groups in total. The van der Waals surface area contributed by atoms with Gasteiger partial charge in [0.15, 0.2) is 5.69 Å². The van der Waals surface area contributed by atoms with E-state index in [1.165, 1.54) is 17.8 Å². The molecule has 2 heterocycles. The summed E-state index contributed by atoms with van der Waals surface area (Å²) < 4.78 is 2.25. The number of carbonyl (C=O) groups is 1. The van der Waals surface area contributed by atoms with E-state index in [2.05, 4.69) is 25.9 Å². The van der Waals surface area contributed by atoms with Crippen molar-refractivity contribution in [3.8, 4) is 11.1 Å². The fraction of sp³-hybridized carbons (Fsp3) is 0.143. The van der Waals surface area contributed by atoms with Crippen molar-refractivity contribution in [1.82, 2.24) is 30.0 Å². The Hall–Kier alpha value is -2.49. The molecule has 0 aliphatic heterocycles. The number of rotatable bonds is 3. The van der Waals surface area contributed by atoms with Crippen LogP contribution in [0, 0.1) is 0 Å². The first-order chi connectivity index (χ1) is 12.3. The summed E-state index contributed by atoms with van der Waals surface area (Å²) in [4.78, 5) is 25.1. The SMILES string of the molecule is Cn1nnnc1NC(=O)c1nn(C)c(=O)c(-c2ccc(Cl)cc2Cl)c1Cl. The molecule has 0 fully saturated rings. The molecule has 12 heteroatoms. The normalized spacial score (nSPS) is 10.8. The third-order valence-corrected chi connectivity index (χ3v) is 4.36. The van der Waals surface area contributed by atoms with Crippen LogP contribution in [0.25, 0.3) is 11.1 Å². The van der Waals surface area contributed by atoms with Crippen LogP contribution in [0.2, 0.25) is 15.1 Å². The Morgan fingerprint density at radius 1 is 1.15 bits per heavy atom.